The van der Waals surface area contributed by atoms with E-state index in [1.165, 1.54) is 14.2 Å². The van der Waals surface area contributed by atoms with Crippen LogP contribution >= 0.6 is 15.9 Å². The summed E-state index contributed by atoms with van der Waals surface area (Å²) in [6.45, 7) is 0.0525. The van der Waals surface area contributed by atoms with Crippen molar-refractivity contribution < 1.29 is 70.8 Å². The topological polar surface area (TPSA) is 61.8 Å². The van der Waals surface area contributed by atoms with E-state index in [0.717, 1.165) is 9.37 Å². The first kappa shape index (κ1) is 18.5. The molecule has 0 fully saturated rings. The summed E-state index contributed by atoms with van der Waals surface area (Å²) in [5, 5.41) is 11.0. The number of benzene rings is 1. The van der Waals surface area contributed by atoms with E-state index in [9.17, 15) is 9.90 Å². The van der Waals surface area contributed by atoms with Gasteiger partial charge in [-0.3, -0.25) is 0 Å². The zero-order valence-electron chi connectivity index (χ0n) is 10.6. The first-order valence-electron chi connectivity index (χ1n) is 4.88. The van der Waals surface area contributed by atoms with Crippen LogP contribution in [0.3, 0.4) is 0 Å². The van der Waals surface area contributed by atoms with Gasteiger partial charge in [-0.1, -0.05) is 15.9 Å². The van der Waals surface area contributed by atoms with Crippen molar-refractivity contribution >= 4 is 27.7 Å². The predicted octanol–water partition coefficient (Wildman–Crippen LogP) is -1.78. The monoisotopic (exact) mass is 341 g/mol. The SMILES string of the molecule is COC(CN(C(=O)[O-])c1ccc(Br)cc1)OC.[K+]. The number of nitrogens with zero attached hydrogens (tertiary/aromatic N) is 1. The number of rotatable bonds is 5. The van der Waals surface area contributed by atoms with Crippen molar-refractivity contribution in [2.24, 2.45) is 0 Å². The number of anilines is 1. The van der Waals surface area contributed by atoms with Crippen LogP contribution in [0.2, 0.25) is 0 Å². The van der Waals surface area contributed by atoms with Crippen LogP contribution in [0.1, 0.15) is 0 Å². The van der Waals surface area contributed by atoms with Crippen LogP contribution in [-0.2, 0) is 9.47 Å². The first-order chi connectivity index (χ1) is 8.08. The molecule has 94 valence electrons. The maximum absolute atomic E-state index is 11.0. The summed E-state index contributed by atoms with van der Waals surface area (Å²) < 4.78 is 10.8. The zero-order valence-corrected chi connectivity index (χ0v) is 15.3. The van der Waals surface area contributed by atoms with Gasteiger partial charge in [-0.2, -0.15) is 0 Å². The van der Waals surface area contributed by atoms with E-state index in [1.54, 1.807) is 24.3 Å². The predicted molar refractivity (Wildman–Crippen MR) is 64.7 cm³/mol. The molecule has 5 nitrogen and oxygen atoms in total. The number of amides is 1. The first-order valence-corrected chi connectivity index (χ1v) is 5.67. The molecule has 1 rings (SSSR count). The Morgan fingerprint density at radius 3 is 2.22 bits per heavy atom. The number of carbonyl (C=O) groups excluding carboxylic acids is 1. The Balaban J connectivity index is 0.00000289. The standard InChI is InChI=1S/C11H14BrNO4.K/c1-16-10(17-2)7-13(11(14)15)9-5-3-8(12)4-6-9;/h3-6,10H,7H2,1-2H3,(H,14,15);/q;+1/p-1. The van der Waals surface area contributed by atoms with Gasteiger partial charge in [-0.25, -0.2) is 0 Å². The van der Waals surface area contributed by atoms with E-state index in [-0.39, 0.29) is 57.9 Å². The molecule has 0 aliphatic heterocycles. The molecular weight excluding hydrogens is 329 g/mol. The Morgan fingerprint density at radius 2 is 1.83 bits per heavy atom. The molecule has 1 aromatic carbocycles. The second-order valence-electron chi connectivity index (χ2n) is 3.25. The third-order valence-electron chi connectivity index (χ3n) is 2.22. The Morgan fingerprint density at radius 1 is 1.33 bits per heavy atom. The van der Waals surface area contributed by atoms with Gasteiger partial charge >= 0.3 is 51.4 Å². The largest absolute Gasteiger partial charge is 1.00 e. The quantitative estimate of drug-likeness (QED) is 0.469. The van der Waals surface area contributed by atoms with Crippen LogP contribution in [0.5, 0.6) is 0 Å². The van der Waals surface area contributed by atoms with Crippen molar-refractivity contribution in [2.45, 2.75) is 6.29 Å². The molecule has 7 heteroatoms. The van der Waals surface area contributed by atoms with E-state index in [2.05, 4.69) is 15.9 Å². The molecule has 0 saturated heterocycles. The van der Waals surface area contributed by atoms with Crippen molar-refractivity contribution in [1.82, 2.24) is 0 Å². The molecule has 0 unspecified atom stereocenters. The molecule has 0 saturated carbocycles. The summed E-state index contributed by atoms with van der Waals surface area (Å²) in [4.78, 5) is 12.1. The number of carbonyl (C=O) groups is 1. The molecule has 0 bridgehead atoms. The molecule has 0 radical (unpaired) electrons. The number of halogens is 1. The van der Waals surface area contributed by atoms with Gasteiger partial charge in [0.2, 0.25) is 0 Å². The second kappa shape index (κ2) is 9.43. The molecule has 0 aliphatic rings. The molecule has 1 amide bonds. The van der Waals surface area contributed by atoms with Gasteiger partial charge in [0, 0.05) is 24.4 Å². The third kappa shape index (κ3) is 5.66. The number of carboxylic acid groups (broad SMARTS) is 1. The summed E-state index contributed by atoms with van der Waals surface area (Å²) in [7, 11) is 2.90. The molecule has 0 N–H and O–H groups in total. The molecule has 0 atom stereocenters. The van der Waals surface area contributed by atoms with E-state index in [4.69, 9.17) is 9.47 Å². The number of hydrogen-bond acceptors (Lipinski definition) is 4. The molecule has 1 aromatic rings. The average Bonchev–Trinajstić information content (AvgIpc) is 2.32. The summed E-state index contributed by atoms with van der Waals surface area (Å²) in [6.07, 6.45) is -1.93. The van der Waals surface area contributed by atoms with Crippen molar-refractivity contribution in [3.05, 3.63) is 28.7 Å². The third-order valence-corrected chi connectivity index (χ3v) is 2.74. The fourth-order valence-electron chi connectivity index (χ4n) is 1.30. The summed E-state index contributed by atoms with van der Waals surface area (Å²) in [5.74, 6) is 0. The van der Waals surface area contributed by atoms with E-state index >= 15 is 0 Å². The van der Waals surface area contributed by atoms with Gasteiger partial charge in [0.15, 0.2) is 6.29 Å². The molecule has 0 heterocycles. The van der Waals surface area contributed by atoms with Crippen LogP contribution in [0, 0.1) is 0 Å². The smallest absolute Gasteiger partial charge is 0.530 e. The van der Waals surface area contributed by atoms with Gasteiger partial charge in [0.1, 0.15) is 6.09 Å². The van der Waals surface area contributed by atoms with E-state index < -0.39 is 12.4 Å². The molecule has 0 aliphatic carbocycles. The minimum atomic E-state index is -1.30. The Kier molecular flexibility index (Phi) is 9.71. The van der Waals surface area contributed by atoms with Crippen molar-refractivity contribution in [3.8, 4) is 0 Å². The van der Waals surface area contributed by atoms with Gasteiger partial charge in [-0.15, -0.1) is 0 Å². The van der Waals surface area contributed by atoms with E-state index in [0.29, 0.717) is 5.69 Å². The Labute approximate surface area is 157 Å². The van der Waals surface area contributed by atoms with Crippen LogP contribution in [0.25, 0.3) is 0 Å². The number of hydrogen-bond donors (Lipinski definition) is 0. The number of ether oxygens (including phenoxy) is 2. The maximum atomic E-state index is 11.0. The summed E-state index contributed by atoms with van der Waals surface area (Å²) >= 11 is 3.28. The minimum absolute atomic E-state index is 0. The summed E-state index contributed by atoms with van der Waals surface area (Å²) in [5.41, 5.74) is 0.507. The van der Waals surface area contributed by atoms with E-state index in [1.807, 2.05) is 0 Å². The van der Waals surface area contributed by atoms with Gasteiger partial charge in [0.05, 0.1) is 6.54 Å². The number of methoxy groups -OCH3 is 2. The van der Waals surface area contributed by atoms with Crippen LogP contribution in [0.4, 0.5) is 10.5 Å². The Hall–Kier alpha value is 0.526. The summed E-state index contributed by atoms with van der Waals surface area (Å²) in [6, 6.07) is 6.84. The van der Waals surface area contributed by atoms with Crippen molar-refractivity contribution in [2.75, 3.05) is 25.7 Å². The molecule has 18 heavy (non-hydrogen) atoms. The van der Waals surface area contributed by atoms with Crippen LogP contribution in [0.15, 0.2) is 28.7 Å². The molecular formula is C11H13BrKNO4. The fraction of sp³-hybridized carbons (Fsp3) is 0.364. The fourth-order valence-corrected chi connectivity index (χ4v) is 1.57. The zero-order chi connectivity index (χ0) is 12.8. The maximum Gasteiger partial charge on any atom is 1.00 e. The average molecular weight is 342 g/mol. The van der Waals surface area contributed by atoms with Crippen LogP contribution < -0.4 is 61.4 Å². The van der Waals surface area contributed by atoms with Gasteiger partial charge < -0.3 is 24.3 Å². The second-order valence-corrected chi connectivity index (χ2v) is 4.17. The van der Waals surface area contributed by atoms with Crippen LogP contribution in [-0.4, -0.2) is 33.1 Å². The van der Waals surface area contributed by atoms with Crippen molar-refractivity contribution in [1.29, 1.82) is 0 Å². The van der Waals surface area contributed by atoms with Crippen molar-refractivity contribution in [3.63, 3.8) is 0 Å². The van der Waals surface area contributed by atoms with Gasteiger partial charge in [-0.05, 0) is 24.3 Å². The normalized spacial score (nSPS) is 10.0. The minimum Gasteiger partial charge on any atom is -0.530 e. The molecule has 0 aromatic heterocycles. The molecule has 0 spiro atoms. The Bertz CT molecular complexity index is 370. The van der Waals surface area contributed by atoms with Gasteiger partial charge in [0.25, 0.3) is 0 Å².